The molecule has 0 bridgehead atoms. The highest BCUT2D eigenvalue weighted by Gasteiger charge is 2.45. The normalized spacial score (nSPS) is 21.5. The molecular formula is C25H26F3NO4. The summed E-state index contributed by atoms with van der Waals surface area (Å²) in [5.74, 6) is -2.09. The van der Waals surface area contributed by atoms with Crippen LogP contribution in [0.1, 0.15) is 56.2 Å². The Morgan fingerprint density at radius 2 is 1.91 bits per heavy atom. The van der Waals surface area contributed by atoms with Gasteiger partial charge in [-0.15, -0.1) is 13.2 Å². The number of carbonyl (C=O) groups is 2. The van der Waals surface area contributed by atoms with E-state index in [2.05, 4.69) is 4.74 Å². The lowest BCUT2D eigenvalue weighted by atomic mass is 9.75. The van der Waals surface area contributed by atoms with Gasteiger partial charge in [-0.2, -0.15) is 0 Å². The van der Waals surface area contributed by atoms with Crippen LogP contribution >= 0.6 is 0 Å². The number of ether oxygens (including phenoxy) is 1. The average molecular weight is 461 g/mol. The first-order valence-corrected chi connectivity index (χ1v) is 10.9. The van der Waals surface area contributed by atoms with Gasteiger partial charge in [-0.25, -0.2) is 0 Å². The highest BCUT2D eigenvalue weighted by molar-refractivity contribution is 5.99. The summed E-state index contributed by atoms with van der Waals surface area (Å²) < 4.78 is 43.8. The number of anilines is 1. The molecule has 1 fully saturated rings. The van der Waals surface area contributed by atoms with Gasteiger partial charge in [-0.05, 0) is 66.6 Å². The van der Waals surface area contributed by atoms with E-state index < -0.39 is 23.7 Å². The molecule has 5 nitrogen and oxygen atoms in total. The molecule has 0 saturated heterocycles. The number of carboxylic acid groups (broad SMARTS) is 1. The monoisotopic (exact) mass is 461 g/mol. The topological polar surface area (TPSA) is 66.8 Å². The van der Waals surface area contributed by atoms with Gasteiger partial charge < -0.3 is 14.7 Å². The van der Waals surface area contributed by atoms with Crippen molar-refractivity contribution in [1.82, 2.24) is 0 Å². The Hall–Kier alpha value is -3.03. The lowest BCUT2D eigenvalue weighted by Crippen LogP contribution is -2.41. The molecule has 1 aliphatic carbocycles. The second kappa shape index (κ2) is 7.78. The SMILES string of the molecule is CCN1C(=O)CC(C)(C)c2cc(C)c(-c3cc(C4C[C@H]4C(=O)O)ccc3OC(F)(F)F)cc21. The first kappa shape index (κ1) is 23.1. The fourth-order valence-corrected chi connectivity index (χ4v) is 4.84. The zero-order valence-corrected chi connectivity index (χ0v) is 18.9. The van der Waals surface area contributed by atoms with Gasteiger partial charge in [0.1, 0.15) is 5.75 Å². The smallest absolute Gasteiger partial charge is 0.481 e. The molecule has 2 aromatic carbocycles. The predicted molar refractivity (Wildman–Crippen MR) is 117 cm³/mol. The van der Waals surface area contributed by atoms with Gasteiger partial charge in [-0.1, -0.05) is 26.0 Å². The first-order chi connectivity index (χ1) is 15.3. The molecule has 4 rings (SSSR count). The van der Waals surface area contributed by atoms with Crippen LogP contribution in [-0.4, -0.2) is 29.9 Å². The maximum atomic E-state index is 13.2. The minimum Gasteiger partial charge on any atom is -0.481 e. The Kier molecular flexibility index (Phi) is 5.46. The number of alkyl halides is 3. The van der Waals surface area contributed by atoms with Crippen LogP contribution < -0.4 is 9.64 Å². The van der Waals surface area contributed by atoms with Crippen molar-refractivity contribution in [3.8, 4) is 16.9 Å². The minimum absolute atomic E-state index is 0.0346. The molecule has 2 aromatic rings. The van der Waals surface area contributed by atoms with Crippen molar-refractivity contribution in [3.05, 3.63) is 47.0 Å². The van der Waals surface area contributed by atoms with E-state index >= 15 is 0 Å². The maximum Gasteiger partial charge on any atom is 0.573 e. The molecule has 1 amide bonds. The van der Waals surface area contributed by atoms with Crippen LogP contribution in [0.4, 0.5) is 18.9 Å². The number of benzene rings is 2. The van der Waals surface area contributed by atoms with Crippen LogP contribution in [0.5, 0.6) is 5.75 Å². The van der Waals surface area contributed by atoms with Crippen LogP contribution in [-0.2, 0) is 15.0 Å². The summed E-state index contributed by atoms with van der Waals surface area (Å²) in [4.78, 5) is 25.7. The molecule has 2 aliphatic rings. The standard InChI is InChI=1S/C25H26F3NO4/c1-5-29-20-11-15(13(2)8-19(20)24(3,4)12-22(29)30)17-9-14(16-10-18(16)23(31)32)6-7-21(17)33-25(26,27)28/h6-9,11,16,18H,5,10,12H2,1-4H3,(H,31,32)/t16?,18-/m1/s1. The van der Waals surface area contributed by atoms with E-state index in [0.29, 0.717) is 36.2 Å². The molecule has 1 saturated carbocycles. The largest absolute Gasteiger partial charge is 0.573 e. The molecule has 0 spiro atoms. The number of carbonyl (C=O) groups excluding carboxylic acids is 1. The average Bonchev–Trinajstić information content (AvgIpc) is 3.48. The van der Waals surface area contributed by atoms with Gasteiger partial charge in [0.15, 0.2) is 0 Å². The number of fused-ring (bicyclic) bond motifs is 1. The number of carboxylic acids is 1. The third-order valence-electron chi connectivity index (χ3n) is 6.63. The molecule has 0 radical (unpaired) electrons. The molecule has 1 N–H and O–H groups in total. The Morgan fingerprint density at radius 1 is 1.21 bits per heavy atom. The van der Waals surface area contributed by atoms with Gasteiger partial charge in [0.25, 0.3) is 0 Å². The summed E-state index contributed by atoms with van der Waals surface area (Å²) in [5, 5.41) is 9.27. The van der Waals surface area contributed by atoms with Crippen LogP contribution in [0.25, 0.3) is 11.1 Å². The third-order valence-corrected chi connectivity index (χ3v) is 6.63. The Balaban J connectivity index is 1.89. The third kappa shape index (κ3) is 4.30. The van der Waals surface area contributed by atoms with Crippen LogP contribution in [0.2, 0.25) is 0 Å². The quantitative estimate of drug-likeness (QED) is 0.613. The van der Waals surface area contributed by atoms with Crippen molar-refractivity contribution < 1.29 is 32.6 Å². The van der Waals surface area contributed by atoms with E-state index in [1.54, 1.807) is 17.0 Å². The molecule has 1 heterocycles. The zero-order chi connectivity index (χ0) is 24.3. The van der Waals surface area contributed by atoms with E-state index in [-0.39, 0.29) is 23.1 Å². The number of aliphatic carboxylic acids is 1. The number of aryl methyl sites for hydroxylation is 1. The zero-order valence-electron chi connectivity index (χ0n) is 18.9. The number of hydrogen-bond acceptors (Lipinski definition) is 3. The Labute approximate surface area is 190 Å². The number of rotatable bonds is 5. The van der Waals surface area contributed by atoms with Crippen molar-refractivity contribution >= 4 is 17.6 Å². The second-order valence-electron chi connectivity index (χ2n) is 9.47. The van der Waals surface area contributed by atoms with Crippen molar-refractivity contribution in [2.75, 3.05) is 11.4 Å². The summed E-state index contributed by atoms with van der Waals surface area (Å²) in [6, 6.07) is 8.03. The highest BCUT2D eigenvalue weighted by atomic mass is 19.4. The summed E-state index contributed by atoms with van der Waals surface area (Å²) in [6.45, 7) is 8.08. The van der Waals surface area contributed by atoms with E-state index in [4.69, 9.17) is 0 Å². The molecular weight excluding hydrogens is 435 g/mol. The van der Waals surface area contributed by atoms with Crippen molar-refractivity contribution in [1.29, 1.82) is 0 Å². The van der Waals surface area contributed by atoms with E-state index in [1.165, 1.54) is 12.1 Å². The van der Waals surface area contributed by atoms with E-state index in [1.807, 2.05) is 33.8 Å². The van der Waals surface area contributed by atoms with Gasteiger partial charge in [0, 0.05) is 29.6 Å². The van der Waals surface area contributed by atoms with Crippen LogP contribution in [0.3, 0.4) is 0 Å². The summed E-state index contributed by atoms with van der Waals surface area (Å²) in [6.07, 6.45) is -4.08. The van der Waals surface area contributed by atoms with Crippen LogP contribution in [0.15, 0.2) is 30.3 Å². The number of hydrogen-bond donors (Lipinski definition) is 1. The van der Waals surface area contributed by atoms with Gasteiger partial charge in [0.2, 0.25) is 5.91 Å². The lowest BCUT2D eigenvalue weighted by molar-refractivity contribution is -0.274. The van der Waals surface area contributed by atoms with Gasteiger partial charge >= 0.3 is 12.3 Å². The summed E-state index contributed by atoms with van der Waals surface area (Å²) in [7, 11) is 0. The molecule has 1 unspecified atom stereocenters. The predicted octanol–water partition coefficient (Wildman–Crippen LogP) is 5.78. The van der Waals surface area contributed by atoms with E-state index in [0.717, 1.165) is 11.1 Å². The molecule has 176 valence electrons. The van der Waals surface area contributed by atoms with E-state index in [9.17, 15) is 27.9 Å². The lowest BCUT2D eigenvalue weighted by Gasteiger charge is -2.39. The summed E-state index contributed by atoms with van der Waals surface area (Å²) >= 11 is 0. The number of nitrogens with zero attached hydrogens (tertiary/aromatic N) is 1. The second-order valence-corrected chi connectivity index (χ2v) is 9.47. The molecule has 1 aliphatic heterocycles. The molecule has 0 aromatic heterocycles. The Morgan fingerprint density at radius 3 is 2.48 bits per heavy atom. The van der Waals surface area contributed by atoms with Crippen LogP contribution in [0, 0.1) is 12.8 Å². The van der Waals surface area contributed by atoms with Gasteiger partial charge in [-0.3, -0.25) is 9.59 Å². The fourth-order valence-electron chi connectivity index (χ4n) is 4.84. The number of amides is 1. The molecule has 2 atom stereocenters. The highest BCUT2D eigenvalue weighted by Crippen LogP contribution is 2.50. The number of halogens is 3. The minimum atomic E-state index is -4.88. The molecule has 8 heteroatoms. The van der Waals surface area contributed by atoms with Crippen molar-refractivity contribution in [2.24, 2.45) is 5.92 Å². The summed E-state index contributed by atoms with van der Waals surface area (Å²) in [5.41, 5.74) is 3.40. The fraction of sp³-hybridized carbons (Fsp3) is 0.440. The van der Waals surface area contributed by atoms with Gasteiger partial charge in [0.05, 0.1) is 5.92 Å². The Bertz CT molecular complexity index is 1140. The van der Waals surface area contributed by atoms with Crippen molar-refractivity contribution in [3.63, 3.8) is 0 Å². The maximum absolute atomic E-state index is 13.2. The van der Waals surface area contributed by atoms with Crippen molar-refractivity contribution in [2.45, 2.75) is 58.2 Å². The molecule has 33 heavy (non-hydrogen) atoms. The first-order valence-electron chi connectivity index (χ1n) is 10.9.